The van der Waals surface area contributed by atoms with E-state index in [9.17, 15) is 14.4 Å². The zero-order chi connectivity index (χ0) is 25.0. The molecule has 4 N–H and O–H groups in total. The number of thiophene rings is 1. The van der Waals surface area contributed by atoms with E-state index in [2.05, 4.69) is 10.6 Å². The normalized spacial score (nSPS) is 9.91. The molecular weight excluding hydrogens is 460 g/mol. The molecule has 0 fully saturated rings. The van der Waals surface area contributed by atoms with Crippen LogP contribution in [0.15, 0.2) is 22.8 Å². The quantitative estimate of drug-likeness (QED) is 0.301. The van der Waals surface area contributed by atoms with Crippen LogP contribution in [0.25, 0.3) is 0 Å². The van der Waals surface area contributed by atoms with Gasteiger partial charge in [-0.2, -0.15) is 0 Å². The summed E-state index contributed by atoms with van der Waals surface area (Å²) >= 11 is 0.994. The van der Waals surface area contributed by atoms with Crippen LogP contribution in [0, 0.1) is 6.92 Å². The largest absolute Gasteiger partial charge is 0.473 e. The van der Waals surface area contributed by atoms with Crippen molar-refractivity contribution in [2.75, 3.05) is 25.1 Å². The number of furan rings is 1. The van der Waals surface area contributed by atoms with Gasteiger partial charge in [0.05, 0.1) is 38.1 Å². The molecule has 0 aliphatic heterocycles. The molecule has 13 heteroatoms. The number of nitrogens with one attached hydrogen (secondary N) is 2. The molecule has 33 heavy (non-hydrogen) atoms. The number of carboxylic acid groups (broad SMARTS) is 2. The Balaban J connectivity index is 0.000000801. The Bertz CT molecular complexity index is 969. The second-order valence-electron chi connectivity index (χ2n) is 6.04. The zero-order valence-corrected chi connectivity index (χ0v) is 18.9. The first-order valence-electron chi connectivity index (χ1n) is 9.59. The Kier molecular flexibility index (Phi) is 11.3. The van der Waals surface area contributed by atoms with Gasteiger partial charge >= 0.3 is 23.9 Å². The number of aliphatic carboxylic acids is 2. The first-order valence-corrected chi connectivity index (χ1v) is 10.4. The molecule has 1 amide bonds. The van der Waals surface area contributed by atoms with Crippen molar-refractivity contribution in [2.45, 2.75) is 27.3 Å². The zero-order valence-electron chi connectivity index (χ0n) is 18.1. The lowest BCUT2D eigenvalue weighted by atomic mass is 10.1. The average molecular weight is 484 g/mol. The van der Waals surface area contributed by atoms with Crippen molar-refractivity contribution in [3.63, 3.8) is 0 Å². The number of amides is 1. The van der Waals surface area contributed by atoms with Gasteiger partial charge in [0.2, 0.25) is 5.91 Å². The molecule has 2 rings (SSSR count). The number of carboxylic acids is 2. The molecule has 2 aromatic rings. The van der Waals surface area contributed by atoms with Crippen LogP contribution in [0.5, 0.6) is 0 Å². The summed E-state index contributed by atoms with van der Waals surface area (Å²) in [6.07, 6.45) is 1.55. The van der Waals surface area contributed by atoms with Crippen molar-refractivity contribution >= 4 is 46.1 Å². The second kappa shape index (κ2) is 13.6. The average Bonchev–Trinajstić information content (AvgIpc) is 3.36. The molecule has 0 saturated heterocycles. The van der Waals surface area contributed by atoms with Crippen molar-refractivity contribution < 1.29 is 48.1 Å². The van der Waals surface area contributed by atoms with E-state index in [-0.39, 0.29) is 41.1 Å². The minimum Gasteiger partial charge on any atom is -0.473 e. The van der Waals surface area contributed by atoms with Crippen LogP contribution in [0.3, 0.4) is 0 Å². The van der Waals surface area contributed by atoms with Gasteiger partial charge in [-0.25, -0.2) is 19.2 Å². The number of esters is 2. The summed E-state index contributed by atoms with van der Waals surface area (Å²) in [6, 6.07) is 3.55. The van der Waals surface area contributed by atoms with Gasteiger partial charge in [-0.15, -0.1) is 11.3 Å². The van der Waals surface area contributed by atoms with Gasteiger partial charge in [0.1, 0.15) is 15.6 Å². The van der Waals surface area contributed by atoms with Gasteiger partial charge in [-0.3, -0.25) is 4.79 Å². The first kappa shape index (κ1) is 27.3. The lowest BCUT2D eigenvalue weighted by Gasteiger charge is -2.07. The third kappa shape index (κ3) is 8.74. The van der Waals surface area contributed by atoms with E-state index >= 15 is 0 Å². The minimum atomic E-state index is -1.82. The maximum Gasteiger partial charge on any atom is 0.414 e. The smallest absolute Gasteiger partial charge is 0.414 e. The van der Waals surface area contributed by atoms with E-state index in [1.165, 1.54) is 0 Å². The van der Waals surface area contributed by atoms with E-state index < -0.39 is 23.9 Å². The summed E-state index contributed by atoms with van der Waals surface area (Å²) in [7, 11) is 0. The molecule has 0 saturated carbocycles. The molecule has 0 aliphatic carbocycles. The predicted molar refractivity (Wildman–Crippen MR) is 115 cm³/mol. The number of rotatable bonds is 9. The summed E-state index contributed by atoms with van der Waals surface area (Å²) in [5.41, 5.74) is 0.597. The van der Waals surface area contributed by atoms with Crippen LogP contribution < -0.4 is 10.6 Å². The summed E-state index contributed by atoms with van der Waals surface area (Å²) in [6.45, 7) is 5.80. The Morgan fingerprint density at radius 1 is 1.03 bits per heavy atom. The molecule has 0 radical (unpaired) electrons. The van der Waals surface area contributed by atoms with Gasteiger partial charge in [0, 0.05) is 0 Å². The fourth-order valence-corrected chi connectivity index (χ4v) is 3.43. The molecule has 2 aromatic heterocycles. The molecular formula is C20H24N2O10S. The van der Waals surface area contributed by atoms with Crippen molar-refractivity contribution in [3.8, 4) is 0 Å². The van der Waals surface area contributed by atoms with E-state index in [1.54, 1.807) is 39.2 Å². The molecule has 0 aliphatic rings. The highest BCUT2D eigenvalue weighted by atomic mass is 32.1. The van der Waals surface area contributed by atoms with Gasteiger partial charge in [-0.1, -0.05) is 0 Å². The fourth-order valence-electron chi connectivity index (χ4n) is 2.33. The predicted octanol–water partition coefficient (Wildman–Crippen LogP) is 1.89. The van der Waals surface area contributed by atoms with Crippen LogP contribution in [0.4, 0.5) is 5.00 Å². The summed E-state index contributed by atoms with van der Waals surface area (Å²) in [5.74, 6) is -4.44. The van der Waals surface area contributed by atoms with E-state index in [1.807, 2.05) is 0 Å². The van der Waals surface area contributed by atoms with Crippen LogP contribution in [-0.2, 0) is 30.4 Å². The number of carbonyl (C=O) groups excluding carboxylic acids is 3. The SMILES string of the molecule is CCOC(=O)c1sc(NC(=O)CNCc2ccco2)c(C(=O)OCC)c1C.O=C(O)C(=O)O. The summed E-state index contributed by atoms with van der Waals surface area (Å²) in [4.78, 5) is 55.1. The molecule has 0 atom stereocenters. The van der Waals surface area contributed by atoms with E-state index in [4.69, 9.17) is 33.7 Å². The second-order valence-corrected chi connectivity index (χ2v) is 7.06. The molecule has 12 nitrogen and oxygen atoms in total. The third-order valence-electron chi connectivity index (χ3n) is 3.69. The minimum absolute atomic E-state index is 0.00858. The highest BCUT2D eigenvalue weighted by Crippen LogP contribution is 2.34. The fraction of sp³-hybridized carbons (Fsp3) is 0.350. The number of anilines is 1. The lowest BCUT2D eigenvalue weighted by molar-refractivity contribution is -0.159. The molecule has 0 aromatic carbocycles. The van der Waals surface area contributed by atoms with Crippen molar-refractivity contribution in [2.24, 2.45) is 0 Å². The number of carbonyl (C=O) groups is 5. The maximum absolute atomic E-state index is 12.3. The lowest BCUT2D eigenvalue weighted by Crippen LogP contribution is -2.28. The molecule has 0 bridgehead atoms. The monoisotopic (exact) mass is 484 g/mol. The maximum atomic E-state index is 12.3. The van der Waals surface area contributed by atoms with Crippen molar-refractivity contribution in [3.05, 3.63) is 40.2 Å². The Morgan fingerprint density at radius 2 is 1.64 bits per heavy atom. The highest BCUT2D eigenvalue weighted by Gasteiger charge is 2.27. The van der Waals surface area contributed by atoms with Gasteiger partial charge in [-0.05, 0) is 38.5 Å². The van der Waals surface area contributed by atoms with E-state index in [0.29, 0.717) is 17.9 Å². The molecule has 0 spiro atoms. The van der Waals surface area contributed by atoms with Crippen molar-refractivity contribution in [1.29, 1.82) is 0 Å². The Hall–Kier alpha value is -3.71. The van der Waals surface area contributed by atoms with E-state index in [0.717, 1.165) is 11.3 Å². The topological polar surface area (TPSA) is 181 Å². The van der Waals surface area contributed by atoms with Gasteiger partial charge < -0.3 is 34.7 Å². The van der Waals surface area contributed by atoms with Crippen LogP contribution in [0.2, 0.25) is 0 Å². The number of hydrogen-bond acceptors (Lipinski definition) is 10. The number of hydrogen-bond donors (Lipinski definition) is 4. The van der Waals surface area contributed by atoms with Crippen LogP contribution in [0.1, 0.15) is 45.2 Å². The highest BCUT2D eigenvalue weighted by molar-refractivity contribution is 7.18. The van der Waals surface area contributed by atoms with Crippen LogP contribution in [-0.4, -0.2) is 59.8 Å². The van der Waals surface area contributed by atoms with Gasteiger partial charge in [0.25, 0.3) is 0 Å². The molecule has 0 unspecified atom stereocenters. The number of ether oxygens (including phenoxy) is 2. The summed E-state index contributed by atoms with van der Waals surface area (Å²) in [5, 5.41) is 20.6. The van der Waals surface area contributed by atoms with Crippen molar-refractivity contribution in [1.82, 2.24) is 5.32 Å². The third-order valence-corrected chi connectivity index (χ3v) is 4.88. The Morgan fingerprint density at radius 3 is 2.15 bits per heavy atom. The Labute approximate surface area is 192 Å². The summed E-state index contributed by atoms with van der Waals surface area (Å²) < 4.78 is 15.2. The standard InChI is InChI=1S/C18H22N2O6S.C2H2O4/c1-4-24-17(22)14-11(3)15(18(23)25-5-2)27-16(14)20-13(21)10-19-9-12-7-6-8-26-12;3-1(4)2(5)6/h6-8,19H,4-5,9-10H2,1-3H3,(H,20,21);(H,3,4)(H,5,6). The van der Waals surface area contributed by atoms with Crippen LogP contribution >= 0.6 is 11.3 Å². The first-order chi connectivity index (χ1) is 15.6. The van der Waals surface area contributed by atoms with Gasteiger partial charge in [0.15, 0.2) is 0 Å². The molecule has 180 valence electrons. The molecule has 2 heterocycles.